The summed E-state index contributed by atoms with van der Waals surface area (Å²) in [7, 11) is 0. The van der Waals surface area contributed by atoms with E-state index >= 15 is 0 Å². The number of fused-ring (bicyclic) bond motifs is 5. The van der Waals surface area contributed by atoms with E-state index in [-0.39, 0.29) is 11.6 Å². The molecular formula is C17H9FO. The van der Waals surface area contributed by atoms with Crippen LogP contribution in [-0.4, -0.2) is 5.78 Å². The fourth-order valence-corrected chi connectivity index (χ4v) is 2.82. The van der Waals surface area contributed by atoms with Crippen LogP contribution in [0.5, 0.6) is 0 Å². The number of ketones is 1. The molecule has 2 heteroatoms. The van der Waals surface area contributed by atoms with Gasteiger partial charge in [0.1, 0.15) is 5.82 Å². The molecule has 0 saturated heterocycles. The summed E-state index contributed by atoms with van der Waals surface area (Å²) in [6.45, 7) is 0. The Morgan fingerprint density at radius 1 is 0.737 bits per heavy atom. The average Bonchev–Trinajstić information content (AvgIpc) is 2.77. The van der Waals surface area contributed by atoms with Gasteiger partial charge >= 0.3 is 0 Å². The number of halogens is 1. The quantitative estimate of drug-likeness (QED) is 0.457. The van der Waals surface area contributed by atoms with Crippen LogP contribution in [0.15, 0.2) is 54.6 Å². The van der Waals surface area contributed by atoms with Crippen molar-refractivity contribution in [1.29, 1.82) is 0 Å². The Hall–Kier alpha value is -2.48. The van der Waals surface area contributed by atoms with Crippen molar-refractivity contribution >= 4 is 5.78 Å². The number of hydrogen-bond acceptors (Lipinski definition) is 1. The molecular weight excluding hydrogens is 239 g/mol. The summed E-state index contributed by atoms with van der Waals surface area (Å²) in [5, 5.41) is 0. The minimum Gasteiger partial charge on any atom is -0.289 e. The van der Waals surface area contributed by atoms with Crippen molar-refractivity contribution in [2.24, 2.45) is 0 Å². The molecule has 3 aliphatic carbocycles. The molecule has 0 spiro atoms. The van der Waals surface area contributed by atoms with Gasteiger partial charge in [-0.15, -0.1) is 0 Å². The van der Waals surface area contributed by atoms with Gasteiger partial charge in [0.15, 0.2) is 5.78 Å². The maximum Gasteiger partial charge on any atom is 0.195 e. The summed E-state index contributed by atoms with van der Waals surface area (Å²) < 4.78 is 13.3. The first-order valence-corrected chi connectivity index (χ1v) is 6.12. The second kappa shape index (κ2) is 3.51. The molecule has 1 aromatic carbocycles. The van der Waals surface area contributed by atoms with Crippen LogP contribution in [0, 0.1) is 5.82 Å². The largest absolute Gasteiger partial charge is 0.289 e. The number of carbonyl (C=O) groups excluding carboxylic acids is 1. The van der Waals surface area contributed by atoms with Crippen molar-refractivity contribution in [2.45, 2.75) is 0 Å². The lowest BCUT2D eigenvalue weighted by atomic mass is 10.0. The Bertz CT molecular complexity index is 804. The van der Waals surface area contributed by atoms with E-state index < -0.39 is 0 Å². The molecule has 1 nitrogen and oxygen atoms in total. The van der Waals surface area contributed by atoms with Crippen LogP contribution in [-0.2, 0) is 0 Å². The van der Waals surface area contributed by atoms with Gasteiger partial charge in [0.25, 0.3) is 0 Å². The second-order valence-electron chi connectivity index (χ2n) is 4.73. The fourth-order valence-electron chi connectivity index (χ4n) is 2.82. The molecule has 3 aliphatic rings. The third kappa shape index (κ3) is 1.31. The highest BCUT2D eigenvalue weighted by molar-refractivity contribution is 6.26. The van der Waals surface area contributed by atoms with E-state index in [2.05, 4.69) is 0 Å². The Morgan fingerprint density at radius 2 is 1.58 bits per heavy atom. The van der Waals surface area contributed by atoms with Gasteiger partial charge in [0, 0.05) is 11.1 Å². The Labute approximate surface area is 109 Å². The normalized spacial score (nSPS) is 12.6. The fraction of sp³-hybridized carbons (Fsp3) is 0. The van der Waals surface area contributed by atoms with Gasteiger partial charge in [-0.1, -0.05) is 36.4 Å². The molecule has 0 amide bonds. The Balaban J connectivity index is 2.11. The summed E-state index contributed by atoms with van der Waals surface area (Å²) in [5.74, 6) is -0.446. The maximum absolute atomic E-state index is 13.3. The van der Waals surface area contributed by atoms with Crippen LogP contribution in [0.4, 0.5) is 4.39 Å². The molecule has 0 radical (unpaired) electrons. The summed E-state index contributed by atoms with van der Waals surface area (Å²) in [6.07, 6.45) is 0. The lowest BCUT2D eigenvalue weighted by Gasteiger charge is -1.99. The molecule has 0 N–H and O–H groups in total. The first kappa shape index (κ1) is 10.4. The second-order valence-corrected chi connectivity index (χ2v) is 4.73. The molecule has 4 rings (SSSR count). The lowest BCUT2D eigenvalue weighted by molar-refractivity contribution is 0.104. The summed E-state index contributed by atoms with van der Waals surface area (Å²) >= 11 is 0. The van der Waals surface area contributed by atoms with Crippen molar-refractivity contribution in [2.75, 3.05) is 0 Å². The number of benzene rings is 1. The number of rotatable bonds is 0. The van der Waals surface area contributed by atoms with Crippen LogP contribution in [0.2, 0.25) is 0 Å². The van der Waals surface area contributed by atoms with E-state index in [1.54, 1.807) is 6.07 Å². The van der Waals surface area contributed by atoms with Crippen LogP contribution in [0.3, 0.4) is 0 Å². The SMILES string of the molecule is O=C1c2cc(F)ccc2-c2cc3cccccc-3c21. The van der Waals surface area contributed by atoms with Gasteiger partial charge in [-0.3, -0.25) is 4.79 Å². The zero-order chi connectivity index (χ0) is 13.0. The van der Waals surface area contributed by atoms with E-state index in [1.807, 2.05) is 36.4 Å². The van der Waals surface area contributed by atoms with E-state index in [4.69, 9.17) is 0 Å². The standard InChI is InChI=1S/C17H9FO/c18-11-6-7-13-14-8-10-4-2-1-3-5-12(10)16(14)17(19)15(13)9-11/h1-9H. The third-order valence-corrected chi connectivity index (χ3v) is 3.65. The van der Waals surface area contributed by atoms with Gasteiger partial charge in [0.05, 0.1) is 0 Å². The minimum absolute atomic E-state index is 0.0781. The lowest BCUT2D eigenvalue weighted by Crippen LogP contribution is -1.96. The van der Waals surface area contributed by atoms with Gasteiger partial charge in [0.2, 0.25) is 0 Å². The number of hydrogen-bond donors (Lipinski definition) is 0. The van der Waals surface area contributed by atoms with Crippen LogP contribution < -0.4 is 0 Å². The smallest absolute Gasteiger partial charge is 0.195 e. The molecule has 0 saturated carbocycles. The van der Waals surface area contributed by atoms with Crippen molar-refractivity contribution in [3.05, 3.63) is 71.5 Å². The minimum atomic E-state index is -0.368. The molecule has 0 bridgehead atoms. The Morgan fingerprint density at radius 3 is 2.47 bits per heavy atom. The monoisotopic (exact) mass is 248 g/mol. The molecule has 19 heavy (non-hydrogen) atoms. The van der Waals surface area contributed by atoms with Crippen molar-refractivity contribution in [3.63, 3.8) is 0 Å². The summed E-state index contributed by atoms with van der Waals surface area (Å²) in [4.78, 5) is 12.5. The molecule has 0 heterocycles. The van der Waals surface area contributed by atoms with Gasteiger partial charge in [-0.05, 0) is 40.5 Å². The number of carbonyl (C=O) groups is 1. The first-order chi connectivity index (χ1) is 9.25. The van der Waals surface area contributed by atoms with Crippen molar-refractivity contribution < 1.29 is 9.18 Å². The van der Waals surface area contributed by atoms with E-state index in [0.717, 1.165) is 22.3 Å². The highest BCUT2D eigenvalue weighted by atomic mass is 19.1. The average molecular weight is 248 g/mol. The van der Waals surface area contributed by atoms with Crippen molar-refractivity contribution in [1.82, 2.24) is 0 Å². The summed E-state index contributed by atoms with van der Waals surface area (Å²) in [5.41, 5.74) is 4.89. The molecule has 0 unspecified atom stereocenters. The van der Waals surface area contributed by atoms with Crippen LogP contribution in [0.1, 0.15) is 15.9 Å². The van der Waals surface area contributed by atoms with E-state index in [9.17, 15) is 9.18 Å². The molecule has 0 aliphatic heterocycles. The maximum atomic E-state index is 13.3. The molecule has 90 valence electrons. The van der Waals surface area contributed by atoms with Crippen molar-refractivity contribution in [3.8, 4) is 22.3 Å². The van der Waals surface area contributed by atoms with E-state index in [1.165, 1.54) is 12.1 Å². The van der Waals surface area contributed by atoms with Crippen LogP contribution >= 0.6 is 0 Å². The first-order valence-electron chi connectivity index (χ1n) is 6.12. The zero-order valence-corrected chi connectivity index (χ0v) is 9.98. The van der Waals surface area contributed by atoms with Gasteiger partial charge in [-0.2, -0.15) is 0 Å². The molecule has 0 fully saturated rings. The Kier molecular flexibility index (Phi) is 1.93. The molecule has 0 atom stereocenters. The van der Waals surface area contributed by atoms with Crippen LogP contribution in [0.25, 0.3) is 22.3 Å². The topological polar surface area (TPSA) is 17.1 Å². The molecule has 0 aromatic heterocycles. The van der Waals surface area contributed by atoms with Gasteiger partial charge in [-0.25, -0.2) is 4.39 Å². The third-order valence-electron chi connectivity index (χ3n) is 3.65. The highest BCUT2D eigenvalue weighted by Crippen LogP contribution is 2.45. The summed E-state index contributed by atoms with van der Waals surface area (Å²) in [6, 6.07) is 16.1. The zero-order valence-electron chi connectivity index (χ0n) is 9.98. The molecule has 1 aromatic rings. The van der Waals surface area contributed by atoms with E-state index in [0.29, 0.717) is 11.1 Å². The highest BCUT2D eigenvalue weighted by Gasteiger charge is 2.31. The van der Waals surface area contributed by atoms with Gasteiger partial charge < -0.3 is 0 Å². The predicted molar refractivity (Wildman–Crippen MR) is 71.9 cm³/mol. The predicted octanol–water partition coefficient (Wildman–Crippen LogP) is 4.14.